The first-order valence-corrected chi connectivity index (χ1v) is 9.82. The standard InChI is InChI=1S/C18H32N4S/c1-15-5-10-22(11-6-15)9-4-8-20-18(19-3)21-13-16(2)17-7-12-23-14-17/h7,12,14-16H,4-6,8-11,13H2,1-3H3,(H2,19,20,21). The number of hydrogen-bond donors (Lipinski definition) is 2. The molecule has 130 valence electrons. The maximum atomic E-state index is 4.32. The Hall–Kier alpha value is -1.07. The normalized spacial score (nSPS) is 18.8. The van der Waals surface area contributed by atoms with Crippen molar-refractivity contribution < 1.29 is 0 Å². The topological polar surface area (TPSA) is 39.7 Å². The summed E-state index contributed by atoms with van der Waals surface area (Å²) >= 11 is 1.76. The van der Waals surface area contributed by atoms with Gasteiger partial charge in [0.15, 0.2) is 5.96 Å². The van der Waals surface area contributed by atoms with Crippen molar-refractivity contribution in [2.45, 2.75) is 39.0 Å². The van der Waals surface area contributed by atoms with Crippen molar-refractivity contribution in [3.63, 3.8) is 0 Å². The summed E-state index contributed by atoms with van der Waals surface area (Å²) in [6.45, 7) is 10.3. The molecule has 2 heterocycles. The number of likely N-dealkylation sites (tertiary alicyclic amines) is 1. The summed E-state index contributed by atoms with van der Waals surface area (Å²) in [5, 5.41) is 11.2. The van der Waals surface area contributed by atoms with E-state index in [-0.39, 0.29) is 0 Å². The van der Waals surface area contributed by atoms with Crippen molar-refractivity contribution >= 4 is 17.3 Å². The van der Waals surface area contributed by atoms with Gasteiger partial charge in [-0.2, -0.15) is 11.3 Å². The Bertz CT molecular complexity index is 450. The molecular weight excluding hydrogens is 304 g/mol. The summed E-state index contributed by atoms with van der Waals surface area (Å²) in [5.41, 5.74) is 1.40. The van der Waals surface area contributed by atoms with Crippen molar-refractivity contribution in [3.05, 3.63) is 22.4 Å². The number of piperidine rings is 1. The lowest BCUT2D eigenvalue weighted by molar-refractivity contribution is 0.191. The van der Waals surface area contributed by atoms with Crippen LogP contribution in [0.25, 0.3) is 0 Å². The molecule has 4 nitrogen and oxygen atoms in total. The van der Waals surface area contributed by atoms with Gasteiger partial charge in [-0.05, 0) is 73.1 Å². The first kappa shape index (κ1) is 18.3. The van der Waals surface area contributed by atoms with E-state index in [1.165, 1.54) is 44.5 Å². The molecule has 1 atom stereocenters. The molecule has 0 bridgehead atoms. The van der Waals surface area contributed by atoms with Crippen LogP contribution < -0.4 is 10.6 Å². The number of nitrogens with zero attached hydrogens (tertiary/aromatic N) is 2. The number of guanidine groups is 1. The van der Waals surface area contributed by atoms with E-state index in [9.17, 15) is 0 Å². The van der Waals surface area contributed by atoms with Gasteiger partial charge in [0.1, 0.15) is 0 Å². The quantitative estimate of drug-likeness (QED) is 0.456. The molecule has 0 amide bonds. The molecule has 0 spiro atoms. The average molecular weight is 337 g/mol. The number of rotatable bonds is 7. The zero-order chi connectivity index (χ0) is 16.5. The zero-order valence-electron chi connectivity index (χ0n) is 14.8. The fourth-order valence-corrected chi connectivity index (χ4v) is 3.72. The van der Waals surface area contributed by atoms with Crippen LogP contribution in [0, 0.1) is 5.92 Å². The van der Waals surface area contributed by atoms with E-state index in [1.54, 1.807) is 11.3 Å². The molecule has 1 saturated heterocycles. The van der Waals surface area contributed by atoms with Crippen LogP contribution in [0.2, 0.25) is 0 Å². The molecule has 2 N–H and O–H groups in total. The van der Waals surface area contributed by atoms with E-state index in [0.717, 1.165) is 25.0 Å². The highest BCUT2D eigenvalue weighted by atomic mass is 32.1. The van der Waals surface area contributed by atoms with Gasteiger partial charge in [0, 0.05) is 20.1 Å². The molecule has 2 rings (SSSR count). The lowest BCUT2D eigenvalue weighted by atomic mass is 9.99. The van der Waals surface area contributed by atoms with Crippen molar-refractivity contribution in [2.24, 2.45) is 10.9 Å². The molecule has 0 radical (unpaired) electrons. The largest absolute Gasteiger partial charge is 0.356 e. The fraction of sp³-hybridized carbons (Fsp3) is 0.722. The summed E-state index contributed by atoms with van der Waals surface area (Å²) in [6.07, 6.45) is 3.89. The van der Waals surface area contributed by atoms with Gasteiger partial charge in [0.2, 0.25) is 0 Å². The predicted octanol–water partition coefficient (Wildman–Crippen LogP) is 3.14. The van der Waals surface area contributed by atoms with E-state index >= 15 is 0 Å². The van der Waals surface area contributed by atoms with Crippen molar-refractivity contribution in [2.75, 3.05) is 39.8 Å². The third kappa shape index (κ3) is 6.51. The molecule has 1 aromatic rings. The van der Waals surface area contributed by atoms with Crippen LogP contribution in [-0.2, 0) is 0 Å². The van der Waals surface area contributed by atoms with E-state index < -0.39 is 0 Å². The molecule has 0 saturated carbocycles. The van der Waals surface area contributed by atoms with Gasteiger partial charge < -0.3 is 15.5 Å². The lowest BCUT2D eigenvalue weighted by Crippen LogP contribution is -2.40. The van der Waals surface area contributed by atoms with Crippen LogP contribution in [0.3, 0.4) is 0 Å². The van der Waals surface area contributed by atoms with Gasteiger partial charge in [0.05, 0.1) is 0 Å². The second kappa shape index (κ2) is 9.93. The number of thiophene rings is 1. The molecule has 1 unspecified atom stereocenters. The monoisotopic (exact) mass is 336 g/mol. The summed E-state index contributed by atoms with van der Waals surface area (Å²) in [4.78, 5) is 6.91. The van der Waals surface area contributed by atoms with Crippen LogP contribution >= 0.6 is 11.3 Å². The van der Waals surface area contributed by atoms with Gasteiger partial charge in [-0.25, -0.2) is 0 Å². The van der Waals surface area contributed by atoms with Crippen LogP contribution in [0.4, 0.5) is 0 Å². The number of nitrogens with one attached hydrogen (secondary N) is 2. The number of hydrogen-bond acceptors (Lipinski definition) is 3. The Kier molecular flexibility index (Phi) is 7.89. The third-order valence-electron chi connectivity index (χ3n) is 4.73. The molecule has 0 aromatic carbocycles. The first-order valence-electron chi connectivity index (χ1n) is 8.88. The lowest BCUT2D eigenvalue weighted by Gasteiger charge is -2.30. The minimum atomic E-state index is 0.509. The molecular formula is C18H32N4S. The summed E-state index contributed by atoms with van der Waals surface area (Å²) in [6, 6.07) is 2.20. The zero-order valence-corrected chi connectivity index (χ0v) is 15.7. The van der Waals surface area contributed by atoms with Gasteiger partial charge in [0.25, 0.3) is 0 Å². The van der Waals surface area contributed by atoms with Gasteiger partial charge in [-0.1, -0.05) is 13.8 Å². The summed E-state index contributed by atoms with van der Waals surface area (Å²) in [5.74, 6) is 2.34. The fourth-order valence-electron chi connectivity index (χ4n) is 2.94. The molecule has 1 fully saturated rings. The molecule has 5 heteroatoms. The number of aliphatic imine (C=N–C) groups is 1. The Balaban J connectivity index is 1.58. The van der Waals surface area contributed by atoms with Crippen molar-refractivity contribution in [1.82, 2.24) is 15.5 Å². The minimum Gasteiger partial charge on any atom is -0.356 e. The van der Waals surface area contributed by atoms with Crippen LogP contribution in [0.5, 0.6) is 0 Å². The Labute approximate surface area is 145 Å². The van der Waals surface area contributed by atoms with Crippen LogP contribution in [-0.4, -0.2) is 50.6 Å². The second-order valence-electron chi connectivity index (χ2n) is 6.72. The maximum absolute atomic E-state index is 4.32. The Morgan fingerprint density at radius 3 is 2.83 bits per heavy atom. The van der Waals surface area contributed by atoms with E-state index in [1.807, 2.05) is 7.05 Å². The van der Waals surface area contributed by atoms with Gasteiger partial charge in [-0.3, -0.25) is 4.99 Å². The third-order valence-corrected chi connectivity index (χ3v) is 5.43. The van der Waals surface area contributed by atoms with Gasteiger partial charge >= 0.3 is 0 Å². The van der Waals surface area contributed by atoms with Crippen LogP contribution in [0.1, 0.15) is 44.6 Å². The highest BCUT2D eigenvalue weighted by Gasteiger charge is 2.14. The van der Waals surface area contributed by atoms with Crippen molar-refractivity contribution in [1.29, 1.82) is 0 Å². The van der Waals surface area contributed by atoms with E-state index in [4.69, 9.17) is 0 Å². The average Bonchev–Trinajstić information content (AvgIpc) is 3.10. The molecule has 1 aliphatic heterocycles. The molecule has 1 aliphatic rings. The molecule has 1 aromatic heterocycles. The molecule has 0 aliphatic carbocycles. The van der Waals surface area contributed by atoms with E-state index in [0.29, 0.717) is 5.92 Å². The minimum absolute atomic E-state index is 0.509. The second-order valence-corrected chi connectivity index (χ2v) is 7.50. The summed E-state index contributed by atoms with van der Waals surface area (Å²) < 4.78 is 0. The van der Waals surface area contributed by atoms with Crippen molar-refractivity contribution in [3.8, 4) is 0 Å². The highest BCUT2D eigenvalue weighted by molar-refractivity contribution is 7.07. The molecule has 23 heavy (non-hydrogen) atoms. The SMILES string of the molecule is CN=C(NCCCN1CCC(C)CC1)NCC(C)c1ccsc1. The Morgan fingerprint density at radius 1 is 1.39 bits per heavy atom. The van der Waals surface area contributed by atoms with Crippen LogP contribution in [0.15, 0.2) is 21.8 Å². The van der Waals surface area contributed by atoms with E-state index in [2.05, 4.69) is 51.2 Å². The maximum Gasteiger partial charge on any atom is 0.190 e. The summed E-state index contributed by atoms with van der Waals surface area (Å²) in [7, 11) is 1.84. The Morgan fingerprint density at radius 2 is 2.17 bits per heavy atom. The highest BCUT2D eigenvalue weighted by Crippen LogP contribution is 2.17. The van der Waals surface area contributed by atoms with Gasteiger partial charge in [-0.15, -0.1) is 0 Å². The smallest absolute Gasteiger partial charge is 0.190 e. The predicted molar refractivity (Wildman–Crippen MR) is 102 cm³/mol. The first-order chi connectivity index (χ1) is 11.2.